The molecular formula is C12H15BrN2O3. The molecule has 1 atom stereocenters. The van der Waals surface area contributed by atoms with Crippen LogP contribution in [0.4, 0.5) is 5.69 Å². The fourth-order valence-corrected chi connectivity index (χ4v) is 2.68. The van der Waals surface area contributed by atoms with Crippen LogP contribution in [0.5, 0.6) is 0 Å². The molecule has 1 saturated heterocycles. The molecule has 1 unspecified atom stereocenters. The van der Waals surface area contributed by atoms with E-state index in [4.69, 9.17) is 0 Å². The average Bonchev–Trinajstić information content (AvgIpc) is 2.61. The quantitative estimate of drug-likeness (QED) is 0.686. The predicted octanol–water partition coefficient (Wildman–Crippen LogP) is 2.31. The third-order valence-corrected chi connectivity index (χ3v) is 3.91. The monoisotopic (exact) mass is 314 g/mol. The Morgan fingerprint density at radius 1 is 1.61 bits per heavy atom. The first-order valence-electron chi connectivity index (χ1n) is 5.75. The van der Waals surface area contributed by atoms with Gasteiger partial charge in [0.1, 0.15) is 0 Å². The van der Waals surface area contributed by atoms with Crippen LogP contribution in [-0.2, 0) is 6.54 Å². The van der Waals surface area contributed by atoms with Gasteiger partial charge in [-0.05, 0) is 25.0 Å². The van der Waals surface area contributed by atoms with E-state index < -0.39 is 10.5 Å². The highest BCUT2D eigenvalue weighted by atomic mass is 79.9. The van der Waals surface area contributed by atoms with Gasteiger partial charge in [0.15, 0.2) is 0 Å². The normalized spacial score (nSPS) is 24.4. The summed E-state index contributed by atoms with van der Waals surface area (Å²) in [5.74, 6) is 0. The predicted molar refractivity (Wildman–Crippen MR) is 71.3 cm³/mol. The minimum Gasteiger partial charge on any atom is -0.389 e. The number of hydrogen-bond donors (Lipinski definition) is 1. The summed E-state index contributed by atoms with van der Waals surface area (Å²) in [6, 6.07) is 4.78. The second-order valence-electron chi connectivity index (χ2n) is 4.99. The third-order valence-electron chi connectivity index (χ3n) is 3.17. The summed E-state index contributed by atoms with van der Waals surface area (Å²) in [7, 11) is 0. The number of rotatable bonds is 3. The molecule has 0 spiro atoms. The van der Waals surface area contributed by atoms with Gasteiger partial charge in [0.05, 0.1) is 10.5 Å². The molecule has 1 aromatic carbocycles. The first-order valence-corrected chi connectivity index (χ1v) is 6.54. The molecule has 1 heterocycles. The molecule has 0 radical (unpaired) electrons. The number of nitro benzene ring substituents is 1. The lowest BCUT2D eigenvalue weighted by Gasteiger charge is -2.19. The number of β-amino-alcohol motifs (C(OH)–C–C–N with tert-alkyl or cyclic N) is 1. The SMILES string of the molecule is CC1(O)CCN(Cc2ccc([N+](=O)[O-])cc2Br)C1. The van der Waals surface area contributed by atoms with Gasteiger partial charge in [-0.1, -0.05) is 15.9 Å². The highest BCUT2D eigenvalue weighted by molar-refractivity contribution is 9.10. The van der Waals surface area contributed by atoms with Crippen LogP contribution >= 0.6 is 15.9 Å². The lowest BCUT2D eigenvalue weighted by atomic mass is 10.1. The van der Waals surface area contributed by atoms with Crippen LogP contribution in [-0.4, -0.2) is 33.6 Å². The first-order chi connectivity index (χ1) is 8.37. The largest absolute Gasteiger partial charge is 0.389 e. The lowest BCUT2D eigenvalue weighted by Crippen LogP contribution is -2.29. The molecule has 1 fully saturated rings. The molecule has 0 saturated carbocycles. The van der Waals surface area contributed by atoms with Crippen LogP contribution in [0.1, 0.15) is 18.9 Å². The number of nitrogens with zero attached hydrogens (tertiary/aromatic N) is 2. The Morgan fingerprint density at radius 2 is 2.33 bits per heavy atom. The first kappa shape index (κ1) is 13.5. The summed E-state index contributed by atoms with van der Waals surface area (Å²) in [5.41, 5.74) is 0.463. The molecule has 1 aromatic rings. The van der Waals surface area contributed by atoms with Crippen molar-refractivity contribution in [2.45, 2.75) is 25.5 Å². The minimum atomic E-state index is -0.618. The van der Waals surface area contributed by atoms with E-state index in [1.165, 1.54) is 12.1 Å². The molecule has 0 aliphatic carbocycles. The smallest absolute Gasteiger partial charge is 0.270 e. The van der Waals surface area contributed by atoms with Crippen LogP contribution in [0.3, 0.4) is 0 Å². The summed E-state index contributed by atoms with van der Waals surface area (Å²) < 4.78 is 0.739. The zero-order valence-electron chi connectivity index (χ0n) is 10.1. The number of aliphatic hydroxyl groups is 1. The van der Waals surface area contributed by atoms with Crippen molar-refractivity contribution in [2.75, 3.05) is 13.1 Å². The molecule has 0 bridgehead atoms. The Balaban J connectivity index is 2.09. The van der Waals surface area contributed by atoms with Gasteiger partial charge in [-0.25, -0.2) is 0 Å². The van der Waals surface area contributed by atoms with Crippen LogP contribution < -0.4 is 0 Å². The van der Waals surface area contributed by atoms with Gasteiger partial charge in [-0.2, -0.15) is 0 Å². The van der Waals surface area contributed by atoms with E-state index in [1.54, 1.807) is 6.07 Å². The lowest BCUT2D eigenvalue weighted by molar-refractivity contribution is -0.384. The van der Waals surface area contributed by atoms with Crippen molar-refractivity contribution in [3.8, 4) is 0 Å². The molecular weight excluding hydrogens is 300 g/mol. The topological polar surface area (TPSA) is 66.6 Å². The maximum atomic E-state index is 10.6. The summed E-state index contributed by atoms with van der Waals surface area (Å²) in [5, 5.41) is 20.5. The molecule has 98 valence electrons. The molecule has 1 N–H and O–H groups in total. The summed E-state index contributed by atoms with van der Waals surface area (Å²) in [4.78, 5) is 12.4. The number of likely N-dealkylation sites (tertiary alicyclic amines) is 1. The zero-order valence-corrected chi connectivity index (χ0v) is 11.7. The molecule has 1 aliphatic rings. The molecule has 0 aromatic heterocycles. The molecule has 5 nitrogen and oxygen atoms in total. The van der Waals surface area contributed by atoms with Crippen LogP contribution in [0, 0.1) is 10.1 Å². The van der Waals surface area contributed by atoms with E-state index in [0.29, 0.717) is 13.1 Å². The highest BCUT2D eigenvalue weighted by Crippen LogP contribution is 2.27. The Bertz CT molecular complexity index is 476. The number of nitro groups is 1. The average molecular weight is 315 g/mol. The Kier molecular flexibility index (Phi) is 3.70. The van der Waals surface area contributed by atoms with Crippen LogP contribution in [0.2, 0.25) is 0 Å². The second-order valence-corrected chi connectivity index (χ2v) is 5.84. The number of benzene rings is 1. The standard InChI is InChI=1S/C12H15BrN2O3/c1-12(16)4-5-14(8-12)7-9-2-3-10(15(17)18)6-11(9)13/h2-3,6,16H,4-5,7-8H2,1H3. The fraction of sp³-hybridized carbons (Fsp3) is 0.500. The van der Waals surface area contributed by atoms with Gasteiger partial charge in [0.25, 0.3) is 5.69 Å². The van der Waals surface area contributed by atoms with Crippen molar-refractivity contribution < 1.29 is 10.0 Å². The van der Waals surface area contributed by atoms with Crippen molar-refractivity contribution in [3.05, 3.63) is 38.3 Å². The van der Waals surface area contributed by atoms with E-state index in [9.17, 15) is 15.2 Å². The summed E-state index contributed by atoms with van der Waals surface area (Å²) in [6.07, 6.45) is 0.762. The van der Waals surface area contributed by atoms with Crippen molar-refractivity contribution in [3.63, 3.8) is 0 Å². The van der Waals surface area contributed by atoms with Crippen LogP contribution in [0.15, 0.2) is 22.7 Å². The Hall–Kier alpha value is -0.980. The van der Waals surface area contributed by atoms with Crippen molar-refractivity contribution in [1.29, 1.82) is 0 Å². The molecule has 2 rings (SSSR count). The molecule has 6 heteroatoms. The van der Waals surface area contributed by atoms with E-state index in [1.807, 2.05) is 6.92 Å². The zero-order chi connectivity index (χ0) is 13.3. The summed E-state index contributed by atoms with van der Waals surface area (Å²) in [6.45, 7) is 4.00. The maximum absolute atomic E-state index is 10.6. The van der Waals surface area contributed by atoms with Crippen molar-refractivity contribution in [2.24, 2.45) is 0 Å². The van der Waals surface area contributed by atoms with E-state index in [0.717, 1.165) is 23.0 Å². The minimum absolute atomic E-state index is 0.0824. The number of hydrogen-bond acceptors (Lipinski definition) is 4. The van der Waals surface area contributed by atoms with Gasteiger partial charge in [-0.15, -0.1) is 0 Å². The second kappa shape index (κ2) is 4.95. The Labute approximate surface area is 114 Å². The number of halogens is 1. The number of non-ortho nitro benzene ring substituents is 1. The maximum Gasteiger partial charge on any atom is 0.270 e. The van der Waals surface area contributed by atoms with E-state index >= 15 is 0 Å². The third kappa shape index (κ3) is 3.07. The summed E-state index contributed by atoms with van der Waals surface area (Å²) >= 11 is 3.36. The van der Waals surface area contributed by atoms with Crippen LogP contribution in [0.25, 0.3) is 0 Å². The highest BCUT2D eigenvalue weighted by Gasteiger charge is 2.31. The van der Waals surface area contributed by atoms with E-state index in [2.05, 4.69) is 20.8 Å². The van der Waals surface area contributed by atoms with Gasteiger partial charge in [-0.3, -0.25) is 15.0 Å². The van der Waals surface area contributed by atoms with Gasteiger partial charge in [0, 0.05) is 36.2 Å². The Morgan fingerprint density at radius 3 is 2.83 bits per heavy atom. The van der Waals surface area contributed by atoms with E-state index in [-0.39, 0.29) is 5.69 Å². The molecule has 1 aliphatic heterocycles. The van der Waals surface area contributed by atoms with Gasteiger partial charge >= 0.3 is 0 Å². The van der Waals surface area contributed by atoms with Gasteiger partial charge in [0.2, 0.25) is 0 Å². The molecule has 0 amide bonds. The van der Waals surface area contributed by atoms with Gasteiger partial charge < -0.3 is 5.11 Å². The molecule has 18 heavy (non-hydrogen) atoms. The van der Waals surface area contributed by atoms with Crippen molar-refractivity contribution in [1.82, 2.24) is 4.90 Å². The fourth-order valence-electron chi connectivity index (χ4n) is 2.19. The van der Waals surface area contributed by atoms with Crippen molar-refractivity contribution >= 4 is 21.6 Å².